The molecule has 1 radical (unpaired) electrons. The van der Waals surface area contributed by atoms with Crippen molar-refractivity contribution in [3.8, 4) is 11.3 Å². The summed E-state index contributed by atoms with van der Waals surface area (Å²) in [5.74, 6) is 0.104. The Morgan fingerprint density at radius 2 is 1.56 bits per heavy atom. The number of pyridine rings is 1. The molecule has 0 unspecified atom stereocenters. The van der Waals surface area contributed by atoms with Crippen LogP contribution < -0.4 is 0 Å². The van der Waals surface area contributed by atoms with E-state index in [0.29, 0.717) is 0 Å². The molecule has 3 aromatic rings. The molecule has 0 atom stereocenters. The fourth-order valence-corrected chi connectivity index (χ4v) is 3.13. The van der Waals surface area contributed by atoms with E-state index in [1.807, 2.05) is 47.7 Å². The van der Waals surface area contributed by atoms with E-state index in [9.17, 15) is 9.90 Å². The second-order valence-electron chi connectivity index (χ2n) is 10.9. The van der Waals surface area contributed by atoms with Crippen LogP contribution in [-0.4, -0.2) is 15.9 Å². The van der Waals surface area contributed by atoms with Gasteiger partial charge in [-0.3, -0.25) is 4.79 Å². The molecule has 4 heteroatoms. The van der Waals surface area contributed by atoms with Gasteiger partial charge in [-0.25, -0.2) is 0 Å². The molecule has 0 saturated carbocycles. The van der Waals surface area contributed by atoms with Crippen LogP contribution in [0, 0.1) is 44.6 Å². The first-order valence-corrected chi connectivity index (χ1v) is 11.4. The molecule has 0 aliphatic rings. The van der Waals surface area contributed by atoms with E-state index in [4.69, 9.17) is 0 Å². The van der Waals surface area contributed by atoms with Crippen molar-refractivity contribution in [2.24, 2.45) is 10.8 Å². The molecule has 1 N–H and O–H groups in total. The Kier molecular flexibility index (Phi) is 9.99. The number of carbonyl (C=O) groups excluding carboxylic acids is 1. The monoisotopic (exact) mass is 637 g/mol. The van der Waals surface area contributed by atoms with E-state index in [-0.39, 0.29) is 37.1 Å². The zero-order chi connectivity index (χ0) is 25.1. The smallest absolute Gasteiger partial charge is 0.164 e. The molecule has 3 nitrogen and oxygen atoms in total. The number of rotatable bonds is 2. The molecule has 34 heavy (non-hydrogen) atoms. The molecule has 0 bridgehead atoms. The number of allylic oxidation sites excluding steroid dienone is 2. The Hall–Kier alpha value is -2.29. The molecule has 0 amide bonds. The zero-order valence-corrected chi connectivity index (χ0v) is 24.6. The van der Waals surface area contributed by atoms with E-state index in [1.165, 1.54) is 39.1 Å². The largest absolute Gasteiger partial charge is 0.512 e. The third-order valence-corrected chi connectivity index (χ3v) is 5.79. The van der Waals surface area contributed by atoms with Crippen LogP contribution >= 0.6 is 0 Å². The molecule has 1 heterocycles. The van der Waals surface area contributed by atoms with Crippen molar-refractivity contribution in [3.63, 3.8) is 0 Å². The van der Waals surface area contributed by atoms with Gasteiger partial charge >= 0.3 is 0 Å². The summed E-state index contributed by atoms with van der Waals surface area (Å²) in [5.41, 5.74) is 6.41. The number of aryl methyl sites for hydroxylation is 3. The van der Waals surface area contributed by atoms with Gasteiger partial charge in [0.1, 0.15) is 5.76 Å². The van der Waals surface area contributed by atoms with Gasteiger partial charge < -0.3 is 10.1 Å². The molecule has 0 spiro atoms. The first-order valence-electron chi connectivity index (χ1n) is 11.4. The van der Waals surface area contributed by atoms with Gasteiger partial charge in [0.05, 0.1) is 0 Å². The molecule has 3 rings (SSSR count). The fourth-order valence-electron chi connectivity index (χ4n) is 3.13. The van der Waals surface area contributed by atoms with Gasteiger partial charge in [0.2, 0.25) is 0 Å². The summed E-state index contributed by atoms with van der Waals surface area (Å²) in [7, 11) is 0. The van der Waals surface area contributed by atoms with Crippen LogP contribution in [0.5, 0.6) is 0 Å². The second kappa shape index (κ2) is 11.4. The minimum Gasteiger partial charge on any atom is -0.512 e. The van der Waals surface area contributed by atoms with Crippen molar-refractivity contribution in [1.82, 2.24) is 4.98 Å². The summed E-state index contributed by atoms with van der Waals surface area (Å²) in [4.78, 5) is 16.1. The standard InChI is InChI=1S/C19H18N.C11H20O2.Ir/c1-12-5-6-16-7-8-20-19(18(16)9-12)17-10-13(2)15(4)14(3)11-17;1-10(2,3)8(12)7-9(13)11(4,5)6;/h5-10H,1-4H3;7,12H,1-6H3;/q-1;;/b;8-7-;. The Morgan fingerprint density at radius 3 is 2.09 bits per heavy atom. The van der Waals surface area contributed by atoms with E-state index in [2.05, 4.69) is 69.1 Å². The summed E-state index contributed by atoms with van der Waals surface area (Å²) in [6.07, 6.45) is 3.21. The van der Waals surface area contributed by atoms with Crippen LogP contribution in [0.3, 0.4) is 0 Å². The molecule has 0 aliphatic carbocycles. The zero-order valence-electron chi connectivity index (χ0n) is 22.2. The maximum atomic E-state index is 11.5. The number of aliphatic hydroxyl groups excluding tert-OH is 1. The van der Waals surface area contributed by atoms with Gasteiger partial charge in [0, 0.05) is 43.2 Å². The third kappa shape index (κ3) is 7.61. The van der Waals surface area contributed by atoms with Gasteiger partial charge in [0.15, 0.2) is 5.78 Å². The van der Waals surface area contributed by atoms with Crippen molar-refractivity contribution in [2.45, 2.75) is 69.2 Å². The summed E-state index contributed by atoms with van der Waals surface area (Å²) >= 11 is 0. The number of hydrogen-bond donors (Lipinski definition) is 1. The third-order valence-electron chi connectivity index (χ3n) is 5.79. The predicted molar refractivity (Wildman–Crippen MR) is 140 cm³/mol. The van der Waals surface area contributed by atoms with Crippen LogP contribution in [0.4, 0.5) is 0 Å². The Morgan fingerprint density at radius 1 is 0.941 bits per heavy atom. The van der Waals surface area contributed by atoms with Crippen LogP contribution in [0.2, 0.25) is 0 Å². The van der Waals surface area contributed by atoms with E-state index >= 15 is 0 Å². The quantitative estimate of drug-likeness (QED) is 0.176. The van der Waals surface area contributed by atoms with Crippen LogP contribution in [-0.2, 0) is 24.9 Å². The van der Waals surface area contributed by atoms with Gasteiger partial charge in [-0.2, -0.15) is 0 Å². The first kappa shape index (κ1) is 29.7. The van der Waals surface area contributed by atoms with Crippen LogP contribution in [0.25, 0.3) is 22.0 Å². The van der Waals surface area contributed by atoms with E-state index in [1.54, 1.807) is 0 Å². The van der Waals surface area contributed by atoms with E-state index < -0.39 is 5.41 Å². The number of aliphatic hydroxyl groups is 1. The summed E-state index contributed by atoms with van der Waals surface area (Å²) in [5, 5.41) is 12.0. The maximum Gasteiger partial charge on any atom is 0.164 e. The first-order chi connectivity index (χ1) is 15.1. The summed E-state index contributed by atoms with van der Waals surface area (Å²) in [6.45, 7) is 19.6. The van der Waals surface area contributed by atoms with Crippen LogP contribution in [0.1, 0.15) is 63.8 Å². The molecule has 2 aromatic carbocycles. The molecule has 1 aromatic heterocycles. The average Bonchev–Trinajstić information content (AvgIpc) is 2.70. The van der Waals surface area contributed by atoms with Crippen molar-refractivity contribution >= 4 is 16.6 Å². The number of ketones is 1. The Balaban J connectivity index is 0.000000364. The number of carbonyl (C=O) groups is 1. The second-order valence-corrected chi connectivity index (χ2v) is 10.9. The van der Waals surface area contributed by atoms with Crippen molar-refractivity contribution in [2.75, 3.05) is 0 Å². The van der Waals surface area contributed by atoms with Gasteiger partial charge in [-0.1, -0.05) is 86.1 Å². The number of hydrogen-bond acceptors (Lipinski definition) is 3. The topological polar surface area (TPSA) is 50.2 Å². The van der Waals surface area contributed by atoms with Crippen LogP contribution in [0.15, 0.2) is 48.4 Å². The Bertz CT molecular complexity index is 1170. The number of fused-ring (bicyclic) bond motifs is 1. The number of aromatic nitrogens is 1. The van der Waals surface area contributed by atoms with E-state index in [0.717, 1.165) is 11.3 Å². The van der Waals surface area contributed by atoms with Crippen molar-refractivity contribution in [3.05, 3.63) is 76.7 Å². The molecule has 0 aliphatic heterocycles. The SMILES string of the molecule is CC(C)(C)C(=O)/C=C(\O)C(C)(C)C.Cc1ccc2ccnc(-c3[c-]c(C)c(C)c(C)c3)c2c1.[Ir]. The molecule has 185 valence electrons. The minimum absolute atomic E-state index is 0. The Labute approximate surface area is 219 Å². The fraction of sp³-hybridized carbons (Fsp3) is 0.400. The molecule has 0 saturated heterocycles. The minimum atomic E-state index is -0.417. The van der Waals surface area contributed by atoms with Crippen molar-refractivity contribution in [1.29, 1.82) is 0 Å². The molecular weight excluding hydrogens is 599 g/mol. The summed E-state index contributed by atoms with van der Waals surface area (Å²) in [6, 6.07) is 14.2. The van der Waals surface area contributed by atoms with Gasteiger partial charge in [-0.05, 0) is 29.5 Å². The summed E-state index contributed by atoms with van der Waals surface area (Å²) < 4.78 is 0. The number of benzene rings is 2. The van der Waals surface area contributed by atoms with Gasteiger partial charge in [0.25, 0.3) is 0 Å². The van der Waals surface area contributed by atoms with Gasteiger partial charge in [-0.15, -0.1) is 34.4 Å². The number of nitrogens with zero attached hydrogens (tertiary/aromatic N) is 1. The molecular formula is C30H38IrNO2-. The normalized spacial score (nSPS) is 12.0. The predicted octanol–water partition coefficient (Wildman–Crippen LogP) is 8.02. The molecule has 0 fully saturated rings. The average molecular weight is 637 g/mol. The van der Waals surface area contributed by atoms with Crippen molar-refractivity contribution < 1.29 is 30.0 Å². The maximum absolute atomic E-state index is 11.5.